The summed E-state index contributed by atoms with van der Waals surface area (Å²) in [4.78, 5) is 4.32. The highest BCUT2D eigenvalue weighted by molar-refractivity contribution is 5.36. The Labute approximate surface area is 118 Å². The first kappa shape index (κ1) is 14.0. The van der Waals surface area contributed by atoms with Gasteiger partial charge in [-0.3, -0.25) is 4.98 Å². The summed E-state index contributed by atoms with van der Waals surface area (Å²) < 4.78 is 5.96. The van der Waals surface area contributed by atoms with Gasteiger partial charge in [0.05, 0.1) is 17.3 Å². The highest BCUT2D eigenvalue weighted by Gasteiger charge is 2.21. The van der Waals surface area contributed by atoms with Gasteiger partial charge in [-0.25, -0.2) is 0 Å². The van der Waals surface area contributed by atoms with E-state index in [9.17, 15) is 0 Å². The van der Waals surface area contributed by atoms with Crippen LogP contribution in [0.1, 0.15) is 30.7 Å². The van der Waals surface area contributed by atoms with Gasteiger partial charge in [0.25, 0.3) is 0 Å². The first-order chi connectivity index (χ1) is 9.74. The highest BCUT2D eigenvalue weighted by Crippen LogP contribution is 2.24. The fraction of sp³-hybridized carbons (Fsp3) is 0.250. The van der Waals surface area contributed by atoms with Crippen molar-refractivity contribution in [3.8, 4) is 11.8 Å². The van der Waals surface area contributed by atoms with Gasteiger partial charge in [0.1, 0.15) is 5.75 Å². The van der Waals surface area contributed by atoms with Crippen molar-refractivity contribution in [3.05, 3.63) is 59.9 Å². The fourth-order valence-corrected chi connectivity index (χ4v) is 1.91. The minimum Gasteiger partial charge on any atom is -0.482 e. The normalized spacial score (nSPS) is 13.2. The van der Waals surface area contributed by atoms with Crippen LogP contribution in [-0.2, 0) is 0 Å². The topological polar surface area (TPSA) is 71.9 Å². The van der Waals surface area contributed by atoms with Crippen LogP contribution in [0.5, 0.6) is 5.75 Å². The summed E-state index contributed by atoms with van der Waals surface area (Å²) in [6, 6.07) is 14.7. The molecule has 0 radical (unpaired) electrons. The molecule has 1 aromatic heterocycles. The predicted molar refractivity (Wildman–Crippen MR) is 77.0 cm³/mol. The number of aromatic nitrogens is 1. The molecule has 0 bridgehead atoms. The summed E-state index contributed by atoms with van der Waals surface area (Å²) in [7, 11) is 0. The Morgan fingerprint density at radius 3 is 2.80 bits per heavy atom. The highest BCUT2D eigenvalue weighted by atomic mass is 16.5. The smallest absolute Gasteiger partial charge is 0.155 e. The molecule has 0 aliphatic heterocycles. The molecule has 20 heavy (non-hydrogen) atoms. The van der Waals surface area contributed by atoms with E-state index in [4.69, 9.17) is 15.7 Å². The summed E-state index contributed by atoms with van der Waals surface area (Å²) in [6.07, 6.45) is 2.18. The molecule has 2 N–H and O–H groups in total. The Morgan fingerprint density at radius 1 is 1.30 bits per heavy atom. The van der Waals surface area contributed by atoms with E-state index in [1.165, 1.54) is 0 Å². The van der Waals surface area contributed by atoms with Crippen LogP contribution in [-0.4, -0.2) is 11.0 Å². The van der Waals surface area contributed by atoms with Gasteiger partial charge < -0.3 is 10.5 Å². The van der Waals surface area contributed by atoms with E-state index < -0.39 is 0 Å². The van der Waals surface area contributed by atoms with Crippen LogP contribution >= 0.6 is 0 Å². The molecule has 0 fully saturated rings. The van der Waals surface area contributed by atoms with Crippen molar-refractivity contribution >= 4 is 0 Å². The van der Waals surface area contributed by atoms with E-state index in [1.54, 1.807) is 24.4 Å². The molecule has 2 atom stereocenters. The maximum absolute atomic E-state index is 8.93. The average molecular weight is 267 g/mol. The third-order valence-electron chi connectivity index (χ3n) is 3.07. The van der Waals surface area contributed by atoms with Gasteiger partial charge in [-0.2, -0.15) is 5.26 Å². The number of ether oxygens (including phenoxy) is 1. The first-order valence-corrected chi connectivity index (χ1v) is 6.58. The monoisotopic (exact) mass is 267 g/mol. The second-order valence-electron chi connectivity index (χ2n) is 4.50. The zero-order valence-electron chi connectivity index (χ0n) is 11.4. The van der Waals surface area contributed by atoms with Crippen LogP contribution in [0.4, 0.5) is 0 Å². The Balaban J connectivity index is 2.26. The molecule has 1 heterocycles. The quantitative estimate of drug-likeness (QED) is 0.904. The van der Waals surface area contributed by atoms with Gasteiger partial charge in [0, 0.05) is 12.2 Å². The van der Waals surface area contributed by atoms with Crippen LogP contribution in [0.25, 0.3) is 0 Å². The minimum absolute atomic E-state index is 0.157. The standard InChI is InChI=1S/C16H17N3O/c1-2-14(18)16(15-8-3-4-9-19-15)20-13-7-5-6-12(10-13)11-17/h3-10,14,16H,2,18H2,1H3. The molecule has 4 heteroatoms. The number of nitrogens with two attached hydrogens (primary N) is 1. The van der Waals surface area contributed by atoms with Crippen molar-refractivity contribution < 1.29 is 4.74 Å². The molecule has 2 aromatic rings. The predicted octanol–water partition coefficient (Wildman–Crippen LogP) is 2.81. The van der Waals surface area contributed by atoms with E-state index in [0.717, 1.165) is 12.1 Å². The fourth-order valence-electron chi connectivity index (χ4n) is 1.91. The third kappa shape index (κ3) is 3.34. The van der Waals surface area contributed by atoms with Crippen molar-refractivity contribution in [2.75, 3.05) is 0 Å². The lowest BCUT2D eigenvalue weighted by Gasteiger charge is -2.23. The number of nitrogens with zero attached hydrogens (tertiary/aromatic N) is 2. The second kappa shape index (κ2) is 6.69. The van der Waals surface area contributed by atoms with Crippen LogP contribution in [0.15, 0.2) is 48.7 Å². The van der Waals surface area contributed by atoms with Crippen LogP contribution in [0.2, 0.25) is 0 Å². The van der Waals surface area contributed by atoms with Crippen molar-refractivity contribution in [1.29, 1.82) is 5.26 Å². The number of hydrogen-bond acceptors (Lipinski definition) is 4. The molecule has 2 rings (SSSR count). The van der Waals surface area contributed by atoms with E-state index in [1.807, 2.05) is 31.2 Å². The molecule has 4 nitrogen and oxygen atoms in total. The molecule has 0 saturated carbocycles. The maximum atomic E-state index is 8.93. The lowest BCUT2D eigenvalue weighted by atomic mass is 10.1. The molecule has 1 aromatic carbocycles. The minimum atomic E-state index is -0.324. The Kier molecular flexibility index (Phi) is 4.70. The second-order valence-corrected chi connectivity index (χ2v) is 4.50. The average Bonchev–Trinajstić information content (AvgIpc) is 2.53. The van der Waals surface area contributed by atoms with Gasteiger partial charge in [0.2, 0.25) is 0 Å². The summed E-state index contributed by atoms with van der Waals surface area (Å²) in [5, 5.41) is 8.93. The van der Waals surface area contributed by atoms with Gasteiger partial charge in [-0.05, 0) is 36.8 Å². The van der Waals surface area contributed by atoms with Crippen LogP contribution in [0, 0.1) is 11.3 Å². The molecular formula is C16H17N3O. The Bertz CT molecular complexity index is 592. The van der Waals surface area contributed by atoms with Crippen LogP contribution < -0.4 is 10.5 Å². The number of hydrogen-bond donors (Lipinski definition) is 1. The van der Waals surface area contributed by atoms with Crippen LogP contribution in [0.3, 0.4) is 0 Å². The summed E-state index contributed by atoms with van der Waals surface area (Å²) in [5.74, 6) is 0.628. The molecule has 0 aliphatic rings. The maximum Gasteiger partial charge on any atom is 0.155 e. The van der Waals surface area contributed by atoms with Crippen molar-refractivity contribution in [1.82, 2.24) is 4.98 Å². The number of nitriles is 1. The third-order valence-corrected chi connectivity index (χ3v) is 3.07. The Morgan fingerprint density at radius 2 is 2.15 bits per heavy atom. The van der Waals surface area contributed by atoms with E-state index in [-0.39, 0.29) is 12.1 Å². The summed E-state index contributed by atoms with van der Waals surface area (Å²) >= 11 is 0. The van der Waals surface area contributed by atoms with Gasteiger partial charge in [-0.1, -0.05) is 19.1 Å². The summed E-state index contributed by atoms with van der Waals surface area (Å²) in [5.41, 5.74) is 7.50. The zero-order chi connectivity index (χ0) is 14.4. The van der Waals surface area contributed by atoms with Crippen molar-refractivity contribution in [2.24, 2.45) is 5.73 Å². The van der Waals surface area contributed by atoms with E-state index in [2.05, 4.69) is 11.1 Å². The van der Waals surface area contributed by atoms with Crippen molar-refractivity contribution in [3.63, 3.8) is 0 Å². The van der Waals surface area contributed by atoms with E-state index in [0.29, 0.717) is 11.3 Å². The Hall–Kier alpha value is -2.38. The van der Waals surface area contributed by atoms with E-state index >= 15 is 0 Å². The molecule has 102 valence electrons. The molecule has 0 aliphatic carbocycles. The molecular weight excluding hydrogens is 250 g/mol. The molecule has 0 amide bonds. The molecule has 0 saturated heterocycles. The first-order valence-electron chi connectivity index (χ1n) is 6.58. The van der Waals surface area contributed by atoms with Crippen molar-refractivity contribution in [2.45, 2.75) is 25.5 Å². The SMILES string of the molecule is CCC(N)C(Oc1cccc(C#N)c1)c1ccccn1. The number of benzene rings is 1. The molecule has 0 spiro atoms. The lowest BCUT2D eigenvalue weighted by Crippen LogP contribution is -2.32. The lowest BCUT2D eigenvalue weighted by molar-refractivity contribution is 0.166. The molecule has 2 unspecified atom stereocenters. The zero-order valence-corrected chi connectivity index (χ0v) is 11.4. The van der Waals surface area contributed by atoms with Gasteiger partial charge in [-0.15, -0.1) is 0 Å². The number of pyridine rings is 1. The number of rotatable bonds is 5. The van der Waals surface area contributed by atoms with Gasteiger partial charge >= 0.3 is 0 Å². The largest absolute Gasteiger partial charge is 0.482 e. The van der Waals surface area contributed by atoms with Gasteiger partial charge in [0.15, 0.2) is 6.10 Å². The summed E-state index contributed by atoms with van der Waals surface area (Å²) in [6.45, 7) is 2.01.